The minimum Gasteiger partial charge on any atom is -0.497 e. The van der Waals surface area contributed by atoms with E-state index in [4.69, 9.17) is 11.2 Å². The van der Waals surface area contributed by atoms with Crippen LogP contribution in [-0.4, -0.2) is 7.11 Å². The van der Waals surface area contributed by atoms with Gasteiger partial charge in [0.25, 0.3) is 0 Å². The molecule has 0 N–H and O–H groups in total. The first-order chi connectivity index (χ1) is 10.8. The van der Waals surface area contributed by atoms with Crippen molar-refractivity contribution >= 4 is 0 Å². The SMILES string of the molecule is C#Cc1cc(OC)ccc1-c1ccccc1.c1cc2cc-2c1. The Bertz CT molecular complexity index is 809. The molecule has 1 heteroatoms. The highest BCUT2D eigenvalue weighted by atomic mass is 16.5. The number of rotatable bonds is 2. The summed E-state index contributed by atoms with van der Waals surface area (Å²) in [5, 5.41) is 0. The number of terminal acetylenes is 1. The van der Waals surface area contributed by atoms with E-state index in [1.165, 1.54) is 11.1 Å². The number of ether oxygens (including phenoxy) is 1. The summed E-state index contributed by atoms with van der Waals surface area (Å²) < 4.78 is 5.15. The van der Waals surface area contributed by atoms with Crippen LogP contribution in [0.2, 0.25) is 0 Å². The van der Waals surface area contributed by atoms with Crippen LogP contribution in [0.25, 0.3) is 22.3 Å². The molecule has 0 saturated carbocycles. The molecule has 0 atom stereocenters. The van der Waals surface area contributed by atoms with Gasteiger partial charge in [0, 0.05) is 5.56 Å². The van der Waals surface area contributed by atoms with E-state index in [2.05, 4.69) is 30.2 Å². The predicted octanol–water partition coefficient (Wildman–Crippen LogP) is 5.01. The lowest BCUT2D eigenvalue weighted by Crippen LogP contribution is -1.87. The van der Waals surface area contributed by atoms with Crippen molar-refractivity contribution in [1.82, 2.24) is 0 Å². The summed E-state index contributed by atoms with van der Waals surface area (Å²) in [6, 6.07) is 24.3. The van der Waals surface area contributed by atoms with Gasteiger partial charge in [-0.25, -0.2) is 0 Å². The third-order valence-corrected chi connectivity index (χ3v) is 3.58. The summed E-state index contributed by atoms with van der Waals surface area (Å²) in [4.78, 5) is 0. The monoisotopic (exact) mass is 284 g/mol. The van der Waals surface area contributed by atoms with Crippen LogP contribution in [0.5, 0.6) is 5.75 Å². The van der Waals surface area contributed by atoms with Crippen molar-refractivity contribution in [2.75, 3.05) is 7.11 Å². The van der Waals surface area contributed by atoms with E-state index in [1.54, 1.807) is 7.11 Å². The minimum atomic E-state index is 0.785. The molecule has 1 nitrogen and oxygen atoms in total. The fourth-order valence-corrected chi connectivity index (χ4v) is 2.31. The van der Waals surface area contributed by atoms with E-state index < -0.39 is 0 Å². The Morgan fingerprint density at radius 3 is 1.95 bits per heavy atom. The zero-order valence-corrected chi connectivity index (χ0v) is 12.4. The van der Waals surface area contributed by atoms with Crippen LogP contribution in [-0.2, 0) is 0 Å². The second kappa shape index (κ2) is 6.20. The molecule has 0 aromatic heterocycles. The largest absolute Gasteiger partial charge is 0.497 e. The molecule has 2 aromatic carbocycles. The Labute approximate surface area is 131 Å². The lowest BCUT2D eigenvalue weighted by molar-refractivity contribution is 0.415. The molecular weight excluding hydrogens is 268 g/mol. The van der Waals surface area contributed by atoms with E-state index in [9.17, 15) is 0 Å². The Morgan fingerprint density at radius 1 is 0.773 bits per heavy atom. The van der Waals surface area contributed by atoms with Gasteiger partial charge in [-0.15, -0.1) is 6.42 Å². The summed E-state index contributed by atoms with van der Waals surface area (Å²) in [5.74, 6) is 3.47. The minimum absolute atomic E-state index is 0.785. The summed E-state index contributed by atoms with van der Waals surface area (Å²) in [6.45, 7) is 0. The fraction of sp³-hybridized carbons (Fsp3) is 0.0476. The van der Waals surface area contributed by atoms with E-state index in [1.807, 2.05) is 48.5 Å². The predicted molar refractivity (Wildman–Crippen MR) is 91.8 cm³/mol. The van der Waals surface area contributed by atoms with E-state index in [0.717, 1.165) is 22.4 Å². The molecule has 0 spiro atoms. The lowest BCUT2D eigenvalue weighted by atomic mass is 10.00. The molecule has 0 heterocycles. The number of fused-ring (bicyclic) bond motifs is 1. The molecular formula is C21H16O. The second-order valence-corrected chi connectivity index (χ2v) is 5.00. The van der Waals surface area contributed by atoms with Gasteiger partial charge < -0.3 is 4.74 Å². The van der Waals surface area contributed by atoms with Crippen molar-refractivity contribution in [3.8, 4) is 40.3 Å². The highest BCUT2D eigenvalue weighted by Gasteiger charge is 2.07. The summed E-state index contributed by atoms with van der Waals surface area (Å²) >= 11 is 0. The maximum atomic E-state index is 5.51. The van der Waals surface area contributed by atoms with Crippen LogP contribution < -0.4 is 4.74 Å². The van der Waals surface area contributed by atoms with Crippen LogP contribution in [0.3, 0.4) is 0 Å². The van der Waals surface area contributed by atoms with E-state index >= 15 is 0 Å². The van der Waals surface area contributed by atoms with Gasteiger partial charge in [-0.3, -0.25) is 0 Å². The van der Waals surface area contributed by atoms with Crippen molar-refractivity contribution in [3.05, 3.63) is 78.4 Å². The Kier molecular flexibility index (Phi) is 3.94. The van der Waals surface area contributed by atoms with Gasteiger partial charge in [-0.05, 0) is 46.5 Å². The number of benzene rings is 3. The molecule has 22 heavy (non-hydrogen) atoms. The zero-order chi connectivity index (χ0) is 15.4. The number of hydrogen-bond donors (Lipinski definition) is 0. The molecule has 0 fully saturated rings. The number of methoxy groups -OCH3 is 1. The van der Waals surface area contributed by atoms with Crippen LogP contribution in [0.4, 0.5) is 0 Å². The third kappa shape index (κ3) is 3.02. The molecule has 0 saturated heterocycles. The molecule has 0 aliphatic heterocycles. The van der Waals surface area contributed by atoms with E-state index in [0.29, 0.717) is 0 Å². The summed E-state index contributed by atoms with van der Waals surface area (Å²) in [5.41, 5.74) is 5.89. The Morgan fingerprint density at radius 2 is 1.45 bits per heavy atom. The van der Waals surface area contributed by atoms with Gasteiger partial charge >= 0.3 is 0 Å². The van der Waals surface area contributed by atoms with Gasteiger partial charge in [0.1, 0.15) is 5.75 Å². The Balaban J connectivity index is 0.000000196. The fourth-order valence-electron chi connectivity index (χ4n) is 2.31. The van der Waals surface area contributed by atoms with E-state index in [-0.39, 0.29) is 0 Å². The van der Waals surface area contributed by atoms with Crippen molar-refractivity contribution in [2.24, 2.45) is 0 Å². The van der Waals surface area contributed by atoms with Gasteiger partial charge in [0.2, 0.25) is 0 Å². The van der Waals surface area contributed by atoms with Crippen molar-refractivity contribution < 1.29 is 4.74 Å². The van der Waals surface area contributed by atoms with Gasteiger partial charge in [0.15, 0.2) is 0 Å². The maximum absolute atomic E-state index is 5.51. The second-order valence-electron chi connectivity index (χ2n) is 5.00. The molecule has 0 unspecified atom stereocenters. The van der Waals surface area contributed by atoms with Crippen LogP contribution >= 0.6 is 0 Å². The third-order valence-electron chi connectivity index (χ3n) is 3.58. The molecule has 0 radical (unpaired) electrons. The molecule has 2 aliphatic carbocycles. The smallest absolute Gasteiger partial charge is 0.120 e. The first-order valence-electron chi connectivity index (χ1n) is 7.12. The highest BCUT2D eigenvalue weighted by Crippen LogP contribution is 2.32. The zero-order valence-electron chi connectivity index (χ0n) is 12.4. The van der Waals surface area contributed by atoms with Crippen LogP contribution in [0, 0.1) is 12.3 Å². The lowest BCUT2D eigenvalue weighted by Gasteiger charge is -2.07. The van der Waals surface area contributed by atoms with Crippen molar-refractivity contribution in [3.63, 3.8) is 0 Å². The first-order valence-corrected chi connectivity index (χ1v) is 7.12. The maximum Gasteiger partial charge on any atom is 0.120 e. The quantitative estimate of drug-likeness (QED) is 0.470. The summed E-state index contributed by atoms with van der Waals surface area (Å²) in [6.07, 6.45) is 5.51. The standard InChI is InChI=1S/C15H12O.C6H4/c1-3-12-11-14(16-2)9-10-15(12)13-7-5-4-6-8-13;1-2-5-4-6(5)3-1/h1,4-11H,2H3;1-4H. The topological polar surface area (TPSA) is 9.23 Å². The molecule has 106 valence electrons. The average Bonchev–Trinajstić information content (AvgIpc) is 3.20. The first kappa shape index (κ1) is 14.0. The summed E-state index contributed by atoms with van der Waals surface area (Å²) in [7, 11) is 1.64. The molecule has 2 aliphatic rings. The molecule has 0 amide bonds. The molecule has 4 rings (SSSR count). The average molecular weight is 284 g/mol. The van der Waals surface area contributed by atoms with Gasteiger partial charge in [-0.1, -0.05) is 54.5 Å². The van der Waals surface area contributed by atoms with Crippen LogP contribution in [0.1, 0.15) is 5.56 Å². The normalized spacial score (nSPS) is 10.0. The Hall–Kier alpha value is -2.98. The van der Waals surface area contributed by atoms with Crippen molar-refractivity contribution in [2.45, 2.75) is 0 Å². The van der Waals surface area contributed by atoms with Gasteiger partial charge in [-0.2, -0.15) is 0 Å². The highest BCUT2D eigenvalue weighted by molar-refractivity contribution is 5.80. The van der Waals surface area contributed by atoms with Gasteiger partial charge in [0.05, 0.1) is 7.11 Å². The van der Waals surface area contributed by atoms with Crippen LogP contribution in [0.15, 0.2) is 72.8 Å². The molecule has 0 bridgehead atoms. The van der Waals surface area contributed by atoms with Crippen molar-refractivity contribution in [1.29, 1.82) is 0 Å². The number of hydrogen-bond acceptors (Lipinski definition) is 1. The molecule has 2 aromatic rings.